The van der Waals surface area contributed by atoms with E-state index in [1.54, 1.807) is 11.8 Å². The fourth-order valence-corrected chi connectivity index (χ4v) is 3.50. The van der Waals surface area contributed by atoms with Gasteiger partial charge < -0.3 is 20.0 Å². The second kappa shape index (κ2) is 6.84. The van der Waals surface area contributed by atoms with Crippen molar-refractivity contribution < 1.29 is 9.21 Å². The Kier molecular flexibility index (Phi) is 4.76. The van der Waals surface area contributed by atoms with Crippen molar-refractivity contribution in [2.75, 3.05) is 13.1 Å². The fraction of sp³-hybridized carbons (Fsp3) is 0.500. The van der Waals surface area contributed by atoms with Crippen molar-refractivity contribution in [3.05, 3.63) is 51.1 Å². The second-order valence-electron chi connectivity index (χ2n) is 6.75. The summed E-state index contributed by atoms with van der Waals surface area (Å²) in [6.45, 7) is 6.63. The molecule has 2 atom stereocenters. The molecule has 25 heavy (non-hydrogen) atoms. The molecule has 1 saturated heterocycles. The second-order valence-corrected chi connectivity index (χ2v) is 6.75. The highest BCUT2D eigenvalue weighted by atomic mass is 16.3. The van der Waals surface area contributed by atoms with Gasteiger partial charge in [0.2, 0.25) is 5.91 Å². The summed E-state index contributed by atoms with van der Waals surface area (Å²) in [6, 6.07) is 3.74. The molecule has 0 unspecified atom stereocenters. The first kappa shape index (κ1) is 17.4. The molecule has 3 rings (SSSR count). The number of nitrogens with one attached hydrogen (secondary N) is 1. The number of rotatable bonds is 4. The lowest BCUT2D eigenvalue weighted by Crippen LogP contribution is -2.32. The highest BCUT2D eigenvalue weighted by Crippen LogP contribution is 2.28. The molecule has 0 spiro atoms. The van der Waals surface area contributed by atoms with Gasteiger partial charge in [0.05, 0.1) is 5.92 Å². The third kappa shape index (κ3) is 3.66. The highest BCUT2D eigenvalue weighted by Gasteiger charge is 2.35. The minimum Gasteiger partial charge on any atom is -0.466 e. The molecule has 7 nitrogen and oxygen atoms in total. The molecule has 134 valence electrons. The van der Waals surface area contributed by atoms with E-state index in [4.69, 9.17) is 10.2 Å². The van der Waals surface area contributed by atoms with Crippen LogP contribution in [-0.4, -0.2) is 39.9 Å². The van der Waals surface area contributed by atoms with E-state index in [2.05, 4.69) is 9.97 Å². The lowest BCUT2D eigenvalue weighted by molar-refractivity contribution is -0.130. The number of H-pyrrole nitrogens is 1. The topological polar surface area (TPSA) is 105 Å². The smallest absolute Gasteiger partial charge is 0.345 e. The summed E-state index contributed by atoms with van der Waals surface area (Å²) in [4.78, 5) is 32.3. The Labute approximate surface area is 146 Å². The van der Waals surface area contributed by atoms with Gasteiger partial charge in [0.15, 0.2) is 0 Å². The standard InChI is InChI=1S/C18H24N4O3/c1-10-4-6-16(25-10)14-8-22(9-15(14)19)17(23)7-5-13-11(2)20-18(24)21-12(13)3/h4,6,14-15H,5,7-9,19H2,1-3H3,(H,20,21,24)/t14-,15-/m1/s1. The van der Waals surface area contributed by atoms with Crippen molar-refractivity contribution in [2.24, 2.45) is 5.73 Å². The van der Waals surface area contributed by atoms with Crippen LogP contribution in [0.3, 0.4) is 0 Å². The van der Waals surface area contributed by atoms with Crippen molar-refractivity contribution in [1.29, 1.82) is 0 Å². The lowest BCUT2D eigenvalue weighted by atomic mass is 10.0. The van der Waals surface area contributed by atoms with Gasteiger partial charge in [0.25, 0.3) is 0 Å². The monoisotopic (exact) mass is 344 g/mol. The first-order chi connectivity index (χ1) is 11.8. The van der Waals surface area contributed by atoms with E-state index in [1.807, 2.05) is 26.0 Å². The Morgan fingerprint density at radius 1 is 1.36 bits per heavy atom. The summed E-state index contributed by atoms with van der Waals surface area (Å²) in [5.41, 5.74) is 8.24. The molecule has 3 heterocycles. The molecule has 2 aromatic rings. The van der Waals surface area contributed by atoms with Gasteiger partial charge in [-0.2, -0.15) is 4.98 Å². The molecular weight excluding hydrogens is 320 g/mol. The predicted octanol–water partition coefficient (Wildman–Crippen LogP) is 1.17. The van der Waals surface area contributed by atoms with E-state index in [9.17, 15) is 9.59 Å². The van der Waals surface area contributed by atoms with Crippen molar-refractivity contribution in [1.82, 2.24) is 14.9 Å². The molecule has 0 saturated carbocycles. The van der Waals surface area contributed by atoms with E-state index in [-0.39, 0.29) is 23.6 Å². The van der Waals surface area contributed by atoms with Gasteiger partial charge in [0, 0.05) is 36.9 Å². The average molecular weight is 344 g/mol. The van der Waals surface area contributed by atoms with Crippen LogP contribution in [0.25, 0.3) is 0 Å². The number of nitrogens with zero attached hydrogens (tertiary/aromatic N) is 2. The maximum Gasteiger partial charge on any atom is 0.345 e. The molecule has 3 N–H and O–H groups in total. The van der Waals surface area contributed by atoms with Gasteiger partial charge in [0.1, 0.15) is 11.5 Å². The SMILES string of the molecule is Cc1ccc([C@@H]2CN(C(=O)CCc3c(C)nc(=O)[nH]c3C)C[C@H]2N)o1. The van der Waals surface area contributed by atoms with Gasteiger partial charge in [-0.15, -0.1) is 0 Å². The Balaban J connectivity index is 1.64. The molecular formula is C18H24N4O3. The number of hydrogen-bond acceptors (Lipinski definition) is 5. The zero-order valence-electron chi connectivity index (χ0n) is 14.8. The lowest BCUT2D eigenvalue weighted by Gasteiger charge is -2.16. The van der Waals surface area contributed by atoms with Gasteiger partial charge in [-0.25, -0.2) is 4.79 Å². The Morgan fingerprint density at radius 3 is 2.76 bits per heavy atom. The van der Waals surface area contributed by atoms with E-state index in [0.717, 1.165) is 22.8 Å². The van der Waals surface area contributed by atoms with Gasteiger partial charge in [-0.05, 0) is 44.9 Å². The first-order valence-corrected chi connectivity index (χ1v) is 8.51. The summed E-state index contributed by atoms with van der Waals surface area (Å²) < 4.78 is 5.68. The van der Waals surface area contributed by atoms with Crippen molar-refractivity contribution >= 4 is 5.91 Å². The molecule has 1 amide bonds. The Bertz CT molecular complexity index is 813. The van der Waals surface area contributed by atoms with E-state index < -0.39 is 0 Å². The third-order valence-electron chi connectivity index (χ3n) is 4.89. The van der Waals surface area contributed by atoms with Crippen LogP contribution in [0.4, 0.5) is 0 Å². The number of carbonyl (C=O) groups excluding carboxylic acids is 1. The quantitative estimate of drug-likeness (QED) is 0.866. The molecule has 2 aromatic heterocycles. The number of likely N-dealkylation sites (tertiary alicyclic amines) is 1. The van der Waals surface area contributed by atoms with Crippen LogP contribution in [0.1, 0.15) is 40.8 Å². The van der Waals surface area contributed by atoms with Crippen LogP contribution in [0.2, 0.25) is 0 Å². The number of amides is 1. The molecule has 7 heteroatoms. The normalized spacial score (nSPS) is 20.2. The summed E-state index contributed by atoms with van der Waals surface area (Å²) in [6.07, 6.45) is 0.919. The molecule has 1 aliphatic heterocycles. The minimum atomic E-state index is -0.354. The van der Waals surface area contributed by atoms with Crippen molar-refractivity contribution in [3.8, 4) is 0 Å². The van der Waals surface area contributed by atoms with Gasteiger partial charge >= 0.3 is 5.69 Å². The first-order valence-electron chi connectivity index (χ1n) is 8.51. The van der Waals surface area contributed by atoms with Crippen LogP contribution >= 0.6 is 0 Å². The maximum atomic E-state index is 12.6. The predicted molar refractivity (Wildman–Crippen MR) is 93.4 cm³/mol. The van der Waals surface area contributed by atoms with Crippen LogP contribution in [0.15, 0.2) is 21.3 Å². The van der Waals surface area contributed by atoms with E-state index in [0.29, 0.717) is 31.6 Å². The molecule has 0 radical (unpaired) electrons. The van der Waals surface area contributed by atoms with E-state index in [1.165, 1.54) is 0 Å². The summed E-state index contributed by atoms with van der Waals surface area (Å²) in [5, 5.41) is 0. The number of aryl methyl sites for hydroxylation is 3. The van der Waals surface area contributed by atoms with Crippen LogP contribution in [0, 0.1) is 20.8 Å². The van der Waals surface area contributed by atoms with Crippen molar-refractivity contribution in [3.63, 3.8) is 0 Å². The minimum absolute atomic E-state index is 0.0378. The summed E-state index contributed by atoms with van der Waals surface area (Å²) >= 11 is 0. The van der Waals surface area contributed by atoms with Crippen molar-refractivity contribution in [2.45, 2.75) is 45.6 Å². The highest BCUT2D eigenvalue weighted by molar-refractivity contribution is 5.77. The summed E-state index contributed by atoms with van der Waals surface area (Å²) in [7, 11) is 0. The number of nitrogens with two attached hydrogens (primary N) is 1. The molecule has 0 aromatic carbocycles. The zero-order valence-corrected chi connectivity index (χ0v) is 14.8. The van der Waals surface area contributed by atoms with Gasteiger partial charge in [-0.1, -0.05) is 0 Å². The number of hydrogen-bond donors (Lipinski definition) is 2. The fourth-order valence-electron chi connectivity index (χ4n) is 3.50. The third-order valence-corrected chi connectivity index (χ3v) is 4.89. The van der Waals surface area contributed by atoms with Crippen LogP contribution < -0.4 is 11.4 Å². The van der Waals surface area contributed by atoms with Gasteiger partial charge in [-0.3, -0.25) is 4.79 Å². The average Bonchev–Trinajstić information content (AvgIpc) is 3.11. The zero-order chi connectivity index (χ0) is 18.1. The molecule has 1 aliphatic rings. The largest absolute Gasteiger partial charge is 0.466 e. The molecule has 0 bridgehead atoms. The Morgan fingerprint density at radius 2 is 2.12 bits per heavy atom. The maximum absolute atomic E-state index is 12.6. The molecule has 1 fully saturated rings. The van der Waals surface area contributed by atoms with E-state index >= 15 is 0 Å². The number of carbonyl (C=O) groups is 1. The number of furan rings is 1. The van der Waals surface area contributed by atoms with Crippen LogP contribution in [-0.2, 0) is 11.2 Å². The Hall–Kier alpha value is -2.41. The number of aromatic amines is 1. The van der Waals surface area contributed by atoms with Crippen LogP contribution in [0.5, 0.6) is 0 Å². The molecule has 0 aliphatic carbocycles. The summed E-state index contributed by atoms with van der Waals surface area (Å²) in [5.74, 6) is 1.79. The number of aromatic nitrogens is 2.